The smallest absolute Gasteiger partial charge is 0.382 e. The van der Waals surface area contributed by atoms with Gasteiger partial charge in [0.15, 0.2) is 6.10 Å². The summed E-state index contributed by atoms with van der Waals surface area (Å²) in [5.74, 6) is -0.952. The molecular formula is C9H10F3N3O4. The van der Waals surface area contributed by atoms with Gasteiger partial charge in [0.05, 0.1) is 6.54 Å². The maximum atomic E-state index is 11.9. The summed E-state index contributed by atoms with van der Waals surface area (Å²) in [6.45, 7) is -1.69. The number of hydrogen-bond acceptors (Lipinski definition) is 4. The van der Waals surface area contributed by atoms with Crippen molar-refractivity contribution >= 4 is 5.91 Å². The van der Waals surface area contributed by atoms with Gasteiger partial charge in [-0.15, -0.1) is 0 Å². The molecule has 0 aliphatic rings. The van der Waals surface area contributed by atoms with E-state index in [4.69, 9.17) is 5.11 Å². The Hall–Kier alpha value is -2.10. The normalized spacial score (nSPS) is 13.1. The minimum Gasteiger partial charge on any atom is -0.382 e. The standard InChI is InChI=1S/C9H10F3N3O4/c10-9(11,12)5(16)3-13-7(18)4-15-8(19)2-1-6(17)14-15/h1-2,5,16H,3-4H2,(H,13,18)(H,14,17). The van der Waals surface area contributed by atoms with Crippen LogP contribution in [0.15, 0.2) is 21.7 Å². The quantitative estimate of drug-likeness (QED) is 0.629. The second-order valence-corrected chi connectivity index (χ2v) is 3.60. The first-order valence-corrected chi connectivity index (χ1v) is 5.02. The van der Waals surface area contributed by atoms with Gasteiger partial charge in [0.25, 0.3) is 11.1 Å². The van der Waals surface area contributed by atoms with Gasteiger partial charge in [-0.05, 0) is 0 Å². The number of alkyl halides is 3. The highest BCUT2D eigenvalue weighted by molar-refractivity contribution is 5.75. The molecule has 0 spiro atoms. The van der Waals surface area contributed by atoms with Crippen molar-refractivity contribution in [1.82, 2.24) is 15.1 Å². The molecule has 1 aromatic rings. The van der Waals surface area contributed by atoms with E-state index < -0.39 is 42.4 Å². The predicted octanol–water partition coefficient (Wildman–Crippen LogP) is -1.42. The van der Waals surface area contributed by atoms with Gasteiger partial charge in [-0.1, -0.05) is 0 Å². The van der Waals surface area contributed by atoms with Crippen molar-refractivity contribution in [1.29, 1.82) is 0 Å². The lowest BCUT2D eigenvalue weighted by molar-refractivity contribution is -0.201. The van der Waals surface area contributed by atoms with Crippen LogP contribution in [0.2, 0.25) is 0 Å². The molecule has 3 N–H and O–H groups in total. The second-order valence-electron chi connectivity index (χ2n) is 3.60. The van der Waals surface area contributed by atoms with Crippen LogP contribution in [0.4, 0.5) is 13.2 Å². The number of nitrogens with one attached hydrogen (secondary N) is 2. The van der Waals surface area contributed by atoms with Crippen LogP contribution in [0.5, 0.6) is 0 Å². The lowest BCUT2D eigenvalue weighted by Crippen LogP contribution is -2.43. The molecule has 1 heterocycles. The summed E-state index contributed by atoms with van der Waals surface area (Å²) < 4.78 is 36.5. The molecule has 0 aromatic carbocycles. The molecule has 0 saturated heterocycles. The Morgan fingerprint density at radius 2 is 2.05 bits per heavy atom. The summed E-state index contributed by atoms with van der Waals surface area (Å²) in [4.78, 5) is 33.3. The number of halogens is 3. The fraction of sp³-hybridized carbons (Fsp3) is 0.444. The third kappa shape index (κ3) is 4.58. The van der Waals surface area contributed by atoms with Gasteiger partial charge >= 0.3 is 6.18 Å². The minimum absolute atomic E-state index is 0.636. The van der Waals surface area contributed by atoms with Crippen LogP contribution in [-0.4, -0.2) is 39.6 Å². The number of aromatic amines is 1. The summed E-state index contributed by atoms with van der Waals surface area (Å²) in [6.07, 6.45) is -7.53. The van der Waals surface area contributed by atoms with E-state index in [2.05, 4.69) is 0 Å². The third-order valence-corrected chi connectivity index (χ3v) is 2.06. The topological polar surface area (TPSA) is 104 Å². The number of H-pyrrole nitrogens is 1. The average molecular weight is 281 g/mol. The summed E-state index contributed by atoms with van der Waals surface area (Å²) in [7, 11) is 0. The Kier molecular flexibility index (Phi) is 4.48. The number of aromatic nitrogens is 2. The molecule has 1 atom stereocenters. The van der Waals surface area contributed by atoms with Crippen molar-refractivity contribution in [3.8, 4) is 0 Å². The molecule has 0 radical (unpaired) electrons. The number of hydrogen-bond donors (Lipinski definition) is 3. The SMILES string of the molecule is O=C(Cn1[nH]c(=O)ccc1=O)NCC(O)C(F)(F)F. The summed E-state index contributed by atoms with van der Waals surface area (Å²) in [6, 6.07) is 1.86. The van der Waals surface area contributed by atoms with Crippen molar-refractivity contribution in [2.24, 2.45) is 0 Å². The first kappa shape index (κ1) is 15.0. The zero-order valence-electron chi connectivity index (χ0n) is 9.40. The predicted molar refractivity (Wildman–Crippen MR) is 56.4 cm³/mol. The van der Waals surface area contributed by atoms with Gasteiger partial charge in [0, 0.05) is 12.1 Å². The van der Waals surface area contributed by atoms with Crippen LogP contribution < -0.4 is 16.4 Å². The monoisotopic (exact) mass is 281 g/mol. The van der Waals surface area contributed by atoms with E-state index >= 15 is 0 Å². The third-order valence-electron chi connectivity index (χ3n) is 2.06. The molecule has 1 rings (SSSR count). The number of aliphatic hydroxyl groups excluding tert-OH is 1. The highest BCUT2D eigenvalue weighted by Crippen LogP contribution is 2.18. The van der Waals surface area contributed by atoms with Crippen LogP contribution in [0.1, 0.15) is 0 Å². The Labute approximate surface area is 103 Å². The van der Waals surface area contributed by atoms with E-state index in [1.165, 1.54) is 0 Å². The highest BCUT2D eigenvalue weighted by Gasteiger charge is 2.38. The molecule has 106 valence electrons. The first-order chi connectivity index (χ1) is 8.70. The Morgan fingerprint density at radius 1 is 1.42 bits per heavy atom. The maximum Gasteiger partial charge on any atom is 0.416 e. The fourth-order valence-electron chi connectivity index (χ4n) is 1.11. The van der Waals surface area contributed by atoms with Crippen LogP contribution >= 0.6 is 0 Å². The van der Waals surface area contributed by atoms with Gasteiger partial charge in [-0.2, -0.15) is 13.2 Å². The molecule has 0 aliphatic heterocycles. The summed E-state index contributed by atoms with van der Waals surface area (Å²) in [5.41, 5.74) is -1.33. The van der Waals surface area contributed by atoms with E-state index in [1.807, 2.05) is 5.10 Å². The number of amides is 1. The Bertz CT molecular complexity index is 563. The average Bonchev–Trinajstić information content (AvgIpc) is 2.29. The Balaban J connectivity index is 2.59. The van der Waals surface area contributed by atoms with E-state index in [0.29, 0.717) is 4.68 Å². The zero-order valence-corrected chi connectivity index (χ0v) is 9.40. The molecular weight excluding hydrogens is 271 g/mol. The van der Waals surface area contributed by atoms with E-state index in [9.17, 15) is 27.6 Å². The second kappa shape index (κ2) is 5.69. The summed E-state index contributed by atoms with van der Waals surface area (Å²) >= 11 is 0. The molecule has 1 aromatic heterocycles. The molecule has 19 heavy (non-hydrogen) atoms. The number of rotatable bonds is 4. The van der Waals surface area contributed by atoms with Gasteiger partial charge < -0.3 is 10.4 Å². The zero-order chi connectivity index (χ0) is 14.6. The van der Waals surface area contributed by atoms with E-state index in [-0.39, 0.29) is 0 Å². The van der Waals surface area contributed by atoms with Crippen molar-refractivity contribution in [2.75, 3.05) is 6.54 Å². The lowest BCUT2D eigenvalue weighted by Gasteiger charge is -2.15. The van der Waals surface area contributed by atoms with Crippen molar-refractivity contribution in [3.63, 3.8) is 0 Å². The molecule has 10 heteroatoms. The van der Waals surface area contributed by atoms with Gasteiger partial charge in [0.2, 0.25) is 5.91 Å². The molecule has 0 saturated carbocycles. The first-order valence-electron chi connectivity index (χ1n) is 5.02. The number of carbonyl (C=O) groups excluding carboxylic acids is 1. The molecule has 1 unspecified atom stereocenters. The van der Waals surface area contributed by atoms with Gasteiger partial charge in [-0.25, -0.2) is 4.68 Å². The summed E-state index contributed by atoms with van der Waals surface area (Å²) in [5, 5.41) is 12.5. The molecule has 1 amide bonds. The maximum absolute atomic E-state index is 11.9. The van der Waals surface area contributed by atoms with E-state index in [1.54, 1.807) is 5.32 Å². The van der Waals surface area contributed by atoms with Crippen LogP contribution in [-0.2, 0) is 11.3 Å². The van der Waals surface area contributed by atoms with E-state index in [0.717, 1.165) is 12.1 Å². The van der Waals surface area contributed by atoms with Crippen LogP contribution in [0.3, 0.4) is 0 Å². The van der Waals surface area contributed by atoms with Gasteiger partial charge in [0.1, 0.15) is 6.54 Å². The molecule has 0 fully saturated rings. The number of nitrogens with zero attached hydrogens (tertiary/aromatic N) is 1. The number of aliphatic hydroxyl groups is 1. The van der Waals surface area contributed by atoms with Gasteiger partial charge in [-0.3, -0.25) is 19.5 Å². The molecule has 0 bridgehead atoms. The van der Waals surface area contributed by atoms with Crippen LogP contribution in [0.25, 0.3) is 0 Å². The Morgan fingerprint density at radius 3 is 2.63 bits per heavy atom. The highest BCUT2D eigenvalue weighted by atomic mass is 19.4. The molecule has 7 nitrogen and oxygen atoms in total. The minimum atomic E-state index is -4.84. The van der Waals surface area contributed by atoms with Crippen molar-refractivity contribution in [3.05, 3.63) is 32.8 Å². The fourth-order valence-corrected chi connectivity index (χ4v) is 1.11. The lowest BCUT2D eigenvalue weighted by atomic mass is 10.3. The molecule has 0 aliphatic carbocycles. The largest absolute Gasteiger partial charge is 0.416 e. The van der Waals surface area contributed by atoms with Crippen molar-refractivity contribution < 1.29 is 23.1 Å². The van der Waals surface area contributed by atoms with Crippen LogP contribution in [0, 0.1) is 0 Å². The number of carbonyl (C=O) groups is 1. The van der Waals surface area contributed by atoms with Crippen molar-refractivity contribution in [2.45, 2.75) is 18.8 Å².